The summed E-state index contributed by atoms with van der Waals surface area (Å²) in [5.41, 5.74) is 10.6. The minimum Gasteiger partial charge on any atom is -0.369 e. The highest BCUT2D eigenvalue weighted by Gasteiger charge is 2.13. The van der Waals surface area contributed by atoms with Gasteiger partial charge in [-0.25, -0.2) is 0 Å². The van der Waals surface area contributed by atoms with Gasteiger partial charge in [-0.2, -0.15) is 0 Å². The van der Waals surface area contributed by atoms with Crippen LogP contribution < -0.4 is 11.5 Å². The smallest absolute Gasteiger partial charge is 0.227 e. The van der Waals surface area contributed by atoms with E-state index < -0.39 is 0 Å². The van der Waals surface area contributed by atoms with Crippen LogP contribution in [-0.4, -0.2) is 26.4 Å². The van der Waals surface area contributed by atoms with Gasteiger partial charge in [0.25, 0.3) is 0 Å². The Morgan fingerprint density at radius 2 is 2.21 bits per heavy atom. The standard InChI is InChI=1S/C7H13N5OS/c1-4(2)12-6(9)10-11-7(12)14-3-5(8)13/h4H,3H2,1-2H3,(H2,8,13)(H2,9,10). The number of nitrogens with two attached hydrogens (primary N) is 2. The van der Waals surface area contributed by atoms with Gasteiger partial charge in [-0.1, -0.05) is 11.8 Å². The van der Waals surface area contributed by atoms with Gasteiger partial charge in [-0.3, -0.25) is 9.36 Å². The molecule has 1 heterocycles. The minimum atomic E-state index is -0.383. The number of nitrogen functional groups attached to an aromatic ring is 1. The van der Waals surface area contributed by atoms with Crippen molar-refractivity contribution >= 4 is 23.6 Å². The molecule has 1 aromatic rings. The first-order chi connectivity index (χ1) is 6.52. The first kappa shape index (κ1) is 10.8. The maximum atomic E-state index is 10.6. The van der Waals surface area contributed by atoms with E-state index in [-0.39, 0.29) is 17.7 Å². The molecular formula is C7H13N5OS. The Morgan fingerprint density at radius 3 is 2.71 bits per heavy atom. The lowest BCUT2D eigenvalue weighted by atomic mass is 10.4. The number of hydrogen-bond acceptors (Lipinski definition) is 5. The summed E-state index contributed by atoms with van der Waals surface area (Å²) in [5.74, 6) is 0.157. The zero-order valence-corrected chi connectivity index (χ0v) is 8.91. The molecule has 0 aliphatic carbocycles. The molecule has 0 aromatic carbocycles. The van der Waals surface area contributed by atoms with E-state index in [2.05, 4.69) is 10.2 Å². The number of primary amides is 1. The molecule has 0 spiro atoms. The number of nitrogens with zero attached hydrogens (tertiary/aromatic N) is 3. The predicted octanol–water partition coefficient (Wildman–Crippen LogP) is 0.0186. The fourth-order valence-corrected chi connectivity index (χ4v) is 1.82. The second-order valence-electron chi connectivity index (χ2n) is 3.06. The molecule has 6 nitrogen and oxygen atoms in total. The van der Waals surface area contributed by atoms with Crippen molar-refractivity contribution in [2.75, 3.05) is 11.5 Å². The molecule has 0 saturated carbocycles. The van der Waals surface area contributed by atoms with Crippen LogP contribution in [0.3, 0.4) is 0 Å². The van der Waals surface area contributed by atoms with E-state index in [1.807, 2.05) is 13.8 Å². The van der Waals surface area contributed by atoms with Crippen molar-refractivity contribution in [1.82, 2.24) is 14.8 Å². The van der Waals surface area contributed by atoms with Crippen LogP contribution in [0, 0.1) is 0 Å². The fraction of sp³-hybridized carbons (Fsp3) is 0.571. The van der Waals surface area contributed by atoms with Crippen molar-refractivity contribution in [3.8, 4) is 0 Å². The summed E-state index contributed by atoms with van der Waals surface area (Å²) in [4.78, 5) is 10.6. The van der Waals surface area contributed by atoms with E-state index in [9.17, 15) is 4.79 Å². The zero-order valence-electron chi connectivity index (χ0n) is 8.10. The average molecular weight is 215 g/mol. The van der Waals surface area contributed by atoms with Crippen molar-refractivity contribution in [2.24, 2.45) is 5.73 Å². The average Bonchev–Trinajstić information content (AvgIpc) is 2.43. The van der Waals surface area contributed by atoms with E-state index in [1.54, 1.807) is 4.57 Å². The summed E-state index contributed by atoms with van der Waals surface area (Å²) in [6.45, 7) is 3.93. The summed E-state index contributed by atoms with van der Waals surface area (Å²) in [5, 5.41) is 8.21. The molecule has 0 fully saturated rings. The minimum absolute atomic E-state index is 0.167. The molecule has 0 aliphatic heterocycles. The SMILES string of the molecule is CC(C)n1c(N)nnc1SCC(N)=O. The van der Waals surface area contributed by atoms with Crippen molar-refractivity contribution in [3.63, 3.8) is 0 Å². The molecular weight excluding hydrogens is 202 g/mol. The van der Waals surface area contributed by atoms with Gasteiger partial charge in [0.15, 0.2) is 5.16 Å². The number of hydrogen-bond donors (Lipinski definition) is 2. The molecule has 0 saturated heterocycles. The number of carbonyl (C=O) groups is 1. The van der Waals surface area contributed by atoms with Gasteiger partial charge in [-0.05, 0) is 13.8 Å². The van der Waals surface area contributed by atoms with E-state index in [0.29, 0.717) is 11.1 Å². The first-order valence-corrected chi connectivity index (χ1v) is 5.12. The summed E-state index contributed by atoms with van der Waals surface area (Å²) >= 11 is 1.24. The molecule has 4 N–H and O–H groups in total. The molecule has 0 radical (unpaired) electrons. The van der Waals surface area contributed by atoms with E-state index in [1.165, 1.54) is 11.8 Å². The topological polar surface area (TPSA) is 99.8 Å². The molecule has 1 aromatic heterocycles. The van der Waals surface area contributed by atoms with Crippen LogP contribution in [0.4, 0.5) is 5.95 Å². The summed E-state index contributed by atoms with van der Waals surface area (Å²) < 4.78 is 1.76. The Hall–Kier alpha value is -1.24. The summed E-state index contributed by atoms with van der Waals surface area (Å²) in [6.07, 6.45) is 0. The molecule has 0 unspecified atom stereocenters. The van der Waals surface area contributed by atoms with Crippen LogP contribution in [0.5, 0.6) is 0 Å². The van der Waals surface area contributed by atoms with E-state index in [0.717, 1.165) is 0 Å². The van der Waals surface area contributed by atoms with Crippen molar-refractivity contribution in [3.05, 3.63) is 0 Å². The van der Waals surface area contributed by atoms with Crippen molar-refractivity contribution < 1.29 is 4.79 Å². The normalized spacial score (nSPS) is 10.8. The molecule has 7 heteroatoms. The van der Waals surface area contributed by atoms with Gasteiger partial charge in [0.1, 0.15) is 0 Å². The largest absolute Gasteiger partial charge is 0.369 e. The van der Waals surface area contributed by atoms with Crippen LogP contribution >= 0.6 is 11.8 Å². The van der Waals surface area contributed by atoms with Crippen molar-refractivity contribution in [1.29, 1.82) is 0 Å². The number of aromatic nitrogens is 3. The third-order valence-corrected chi connectivity index (χ3v) is 2.52. The maximum Gasteiger partial charge on any atom is 0.227 e. The third kappa shape index (κ3) is 2.38. The molecule has 1 amide bonds. The second kappa shape index (κ2) is 4.32. The lowest BCUT2D eigenvalue weighted by molar-refractivity contribution is -0.115. The van der Waals surface area contributed by atoms with Gasteiger partial charge in [0.2, 0.25) is 11.9 Å². The fourth-order valence-electron chi connectivity index (χ4n) is 1.01. The molecule has 0 atom stereocenters. The van der Waals surface area contributed by atoms with Crippen LogP contribution in [0.25, 0.3) is 0 Å². The first-order valence-electron chi connectivity index (χ1n) is 4.14. The van der Waals surface area contributed by atoms with Crippen LogP contribution in [0.15, 0.2) is 5.16 Å². The molecule has 14 heavy (non-hydrogen) atoms. The van der Waals surface area contributed by atoms with Gasteiger partial charge in [0, 0.05) is 6.04 Å². The van der Waals surface area contributed by atoms with Crippen LogP contribution in [0.1, 0.15) is 19.9 Å². The number of thioether (sulfide) groups is 1. The lowest BCUT2D eigenvalue weighted by Crippen LogP contribution is -2.14. The summed E-state index contributed by atoms with van der Waals surface area (Å²) in [7, 11) is 0. The third-order valence-electron chi connectivity index (χ3n) is 1.55. The Labute approximate surface area is 86.0 Å². The number of carbonyl (C=O) groups excluding carboxylic acids is 1. The van der Waals surface area contributed by atoms with Crippen LogP contribution in [-0.2, 0) is 4.79 Å². The number of amides is 1. The lowest BCUT2D eigenvalue weighted by Gasteiger charge is -2.10. The Bertz CT molecular complexity index is 335. The Kier molecular flexibility index (Phi) is 3.34. The molecule has 0 aliphatic rings. The number of anilines is 1. The highest BCUT2D eigenvalue weighted by Crippen LogP contribution is 2.21. The maximum absolute atomic E-state index is 10.6. The second-order valence-corrected chi connectivity index (χ2v) is 4.00. The highest BCUT2D eigenvalue weighted by atomic mass is 32.2. The molecule has 1 rings (SSSR count). The van der Waals surface area contributed by atoms with Gasteiger partial charge in [0.05, 0.1) is 5.75 Å². The van der Waals surface area contributed by atoms with Crippen LogP contribution in [0.2, 0.25) is 0 Å². The van der Waals surface area contributed by atoms with Gasteiger partial charge < -0.3 is 11.5 Å². The molecule has 78 valence electrons. The zero-order chi connectivity index (χ0) is 10.7. The monoisotopic (exact) mass is 215 g/mol. The predicted molar refractivity (Wildman–Crippen MR) is 54.7 cm³/mol. The molecule has 0 bridgehead atoms. The summed E-state index contributed by atoms with van der Waals surface area (Å²) in [6, 6.07) is 0.167. The van der Waals surface area contributed by atoms with Gasteiger partial charge in [-0.15, -0.1) is 10.2 Å². The highest BCUT2D eigenvalue weighted by molar-refractivity contribution is 7.99. The number of rotatable bonds is 4. The quantitative estimate of drug-likeness (QED) is 0.689. The van der Waals surface area contributed by atoms with Gasteiger partial charge >= 0.3 is 0 Å². The Morgan fingerprint density at radius 1 is 1.57 bits per heavy atom. The van der Waals surface area contributed by atoms with E-state index in [4.69, 9.17) is 11.5 Å². The van der Waals surface area contributed by atoms with Crippen molar-refractivity contribution in [2.45, 2.75) is 25.0 Å². The Balaban J connectivity index is 2.81. The van der Waals surface area contributed by atoms with E-state index >= 15 is 0 Å².